The fourth-order valence-electron chi connectivity index (χ4n) is 1.86. The van der Waals surface area contributed by atoms with E-state index in [2.05, 4.69) is 6.08 Å². The molecule has 0 aromatic carbocycles. The topological polar surface area (TPSA) is 77.8 Å². The van der Waals surface area contributed by atoms with Gasteiger partial charge in [0.05, 0.1) is 11.7 Å². The highest BCUT2D eigenvalue weighted by Gasteiger charge is 2.23. The number of hydrogen-bond donors (Lipinski definition) is 3. The molecule has 0 saturated carbocycles. The summed E-state index contributed by atoms with van der Waals surface area (Å²) in [6.45, 7) is 7.07. The molecular formula is C16H28O4. The van der Waals surface area contributed by atoms with Crippen molar-refractivity contribution < 1.29 is 20.1 Å². The summed E-state index contributed by atoms with van der Waals surface area (Å²) in [5.74, 6) is -0.899. The maximum atomic E-state index is 10.5. The Morgan fingerprint density at radius 2 is 1.80 bits per heavy atom. The molecular weight excluding hydrogens is 256 g/mol. The van der Waals surface area contributed by atoms with Gasteiger partial charge < -0.3 is 15.3 Å². The largest absolute Gasteiger partial charge is 0.478 e. The first-order valence-corrected chi connectivity index (χ1v) is 7.09. The van der Waals surface area contributed by atoms with Gasteiger partial charge in [-0.05, 0) is 59.8 Å². The predicted octanol–water partition coefficient (Wildman–Crippen LogP) is 3.05. The molecule has 0 heterocycles. The van der Waals surface area contributed by atoms with Crippen LogP contribution in [0.15, 0.2) is 23.3 Å². The van der Waals surface area contributed by atoms with Crippen molar-refractivity contribution in [3.8, 4) is 0 Å². The number of allylic oxidation sites excluding steroid dienone is 3. The van der Waals surface area contributed by atoms with Crippen LogP contribution in [0.25, 0.3) is 0 Å². The molecule has 1 unspecified atom stereocenters. The molecule has 0 aliphatic rings. The molecule has 0 aromatic rings. The Labute approximate surface area is 121 Å². The van der Waals surface area contributed by atoms with Crippen LogP contribution in [0.5, 0.6) is 0 Å². The number of carboxylic acids is 1. The third-order valence-corrected chi connectivity index (χ3v) is 3.27. The fraction of sp³-hybridized carbons (Fsp3) is 0.688. The van der Waals surface area contributed by atoms with Gasteiger partial charge >= 0.3 is 5.97 Å². The van der Waals surface area contributed by atoms with Crippen molar-refractivity contribution in [3.05, 3.63) is 23.3 Å². The molecule has 116 valence electrons. The molecule has 4 nitrogen and oxygen atoms in total. The number of carbonyl (C=O) groups is 1. The minimum atomic E-state index is -1.05. The highest BCUT2D eigenvalue weighted by Crippen LogP contribution is 2.17. The molecule has 0 aliphatic heterocycles. The average molecular weight is 284 g/mol. The second-order valence-electron chi connectivity index (χ2n) is 5.98. The van der Waals surface area contributed by atoms with E-state index in [0.717, 1.165) is 31.3 Å². The highest BCUT2D eigenvalue weighted by atomic mass is 16.4. The molecule has 3 N–H and O–H groups in total. The van der Waals surface area contributed by atoms with Gasteiger partial charge in [-0.3, -0.25) is 0 Å². The van der Waals surface area contributed by atoms with E-state index in [9.17, 15) is 15.0 Å². The summed E-state index contributed by atoms with van der Waals surface area (Å²) in [5, 5.41) is 27.9. The Morgan fingerprint density at radius 3 is 2.30 bits per heavy atom. The summed E-state index contributed by atoms with van der Waals surface area (Å²) in [5.41, 5.74) is 1.05. The van der Waals surface area contributed by atoms with Crippen LogP contribution in [0.3, 0.4) is 0 Å². The first-order chi connectivity index (χ1) is 9.12. The van der Waals surface area contributed by atoms with Gasteiger partial charge in [0.15, 0.2) is 0 Å². The molecule has 0 bridgehead atoms. The van der Waals surface area contributed by atoms with Crippen molar-refractivity contribution in [1.29, 1.82) is 0 Å². The summed E-state index contributed by atoms with van der Waals surface area (Å²) < 4.78 is 0. The first-order valence-electron chi connectivity index (χ1n) is 7.09. The van der Waals surface area contributed by atoms with E-state index in [0.29, 0.717) is 6.42 Å². The number of carboxylic acid groups (broad SMARTS) is 1. The Morgan fingerprint density at radius 1 is 1.20 bits per heavy atom. The van der Waals surface area contributed by atoms with Gasteiger partial charge in [0.25, 0.3) is 0 Å². The minimum Gasteiger partial charge on any atom is -0.478 e. The van der Waals surface area contributed by atoms with Gasteiger partial charge in [0, 0.05) is 6.08 Å². The number of hydrogen-bond acceptors (Lipinski definition) is 3. The van der Waals surface area contributed by atoms with Gasteiger partial charge in [-0.1, -0.05) is 17.2 Å². The Kier molecular flexibility index (Phi) is 8.42. The van der Waals surface area contributed by atoms with E-state index in [1.165, 1.54) is 11.6 Å². The monoisotopic (exact) mass is 284 g/mol. The Hall–Kier alpha value is -1.13. The van der Waals surface area contributed by atoms with Crippen molar-refractivity contribution in [3.63, 3.8) is 0 Å². The molecule has 20 heavy (non-hydrogen) atoms. The van der Waals surface area contributed by atoms with Crippen molar-refractivity contribution in [2.45, 2.75) is 71.5 Å². The second-order valence-corrected chi connectivity index (χ2v) is 5.98. The maximum absolute atomic E-state index is 10.5. The van der Waals surface area contributed by atoms with Crippen LogP contribution in [-0.4, -0.2) is 33.0 Å². The predicted molar refractivity (Wildman–Crippen MR) is 80.5 cm³/mol. The van der Waals surface area contributed by atoms with Gasteiger partial charge in [0.2, 0.25) is 0 Å². The molecule has 0 radical (unpaired) electrons. The van der Waals surface area contributed by atoms with Crippen molar-refractivity contribution in [2.24, 2.45) is 0 Å². The minimum absolute atomic E-state index is 0.576. The van der Waals surface area contributed by atoms with Crippen LogP contribution < -0.4 is 0 Å². The second kappa shape index (κ2) is 8.93. The third kappa shape index (κ3) is 9.75. The molecule has 0 aliphatic carbocycles. The zero-order valence-electron chi connectivity index (χ0n) is 13.0. The summed E-state index contributed by atoms with van der Waals surface area (Å²) in [7, 11) is 0. The van der Waals surface area contributed by atoms with E-state index in [-0.39, 0.29) is 0 Å². The summed E-state index contributed by atoms with van der Waals surface area (Å²) in [6, 6.07) is 0. The standard InChI is InChI=1S/C16H28O4/c1-12(7-5-9-13(2)11-15(18)19)8-6-10-14(17)16(3,4)20/h7,11,14,17,20H,5-6,8-10H2,1-4H3,(H,18,19)/b12-7-,13-11+. The lowest BCUT2D eigenvalue weighted by atomic mass is 9.95. The van der Waals surface area contributed by atoms with E-state index in [4.69, 9.17) is 5.11 Å². The highest BCUT2D eigenvalue weighted by molar-refractivity contribution is 5.80. The zero-order valence-corrected chi connectivity index (χ0v) is 13.0. The molecule has 4 heteroatoms. The molecule has 0 spiro atoms. The maximum Gasteiger partial charge on any atom is 0.328 e. The Bertz CT molecular complexity index is 361. The van der Waals surface area contributed by atoms with E-state index in [1.807, 2.05) is 13.8 Å². The van der Waals surface area contributed by atoms with Crippen LogP contribution >= 0.6 is 0 Å². The summed E-state index contributed by atoms with van der Waals surface area (Å²) >= 11 is 0. The summed E-state index contributed by atoms with van der Waals surface area (Å²) in [6.07, 6.45) is 6.51. The molecule has 0 amide bonds. The normalized spacial score (nSPS) is 15.3. The van der Waals surface area contributed by atoms with E-state index >= 15 is 0 Å². The quantitative estimate of drug-likeness (QED) is 0.449. The lowest BCUT2D eigenvalue weighted by molar-refractivity contribution is -0.131. The molecule has 1 atom stereocenters. The van der Waals surface area contributed by atoms with Crippen molar-refractivity contribution in [2.75, 3.05) is 0 Å². The van der Waals surface area contributed by atoms with Crippen LogP contribution in [0.2, 0.25) is 0 Å². The van der Waals surface area contributed by atoms with Crippen LogP contribution in [0.4, 0.5) is 0 Å². The average Bonchev–Trinajstić information content (AvgIpc) is 2.26. The summed E-state index contributed by atoms with van der Waals surface area (Å²) in [4.78, 5) is 10.5. The van der Waals surface area contributed by atoms with E-state index in [1.54, 1.807) is 13.8 Å². The lowest BCUT2D eigenvalue weighted by Gasteiger charge is -2.24. The third-order valence-electron chi connectivity index (χ3n) is 3.27. The van der Waals surface area contributed by atoms with Crippen molar-refractivity contribution >= 4 is 5.97 Å². The van der Waals surface area contributed by atoms with Gasteiger partial charge in [-0.25, -0.2) is 4.79 Å². The molecule has 0 aromatic heterocycles. The number of rotatable bonds is 9. The van der Waals surface area contributed by atoms with E-state index < -0.39 is 17.7 Å². The Balaban J connectivity index is 3.96. The van der Waals surface area contributed by atoms with Gasteiger partial charge in [0.1, 0.15) is 0 Å². The van der Waals surface area contributed by atoms with Crippen LogP contribution in [-0.2, 0) is 4.79 Å². The molecule has 0 rings (SSSR count). The number of aliphatic hydroxyl groups is 2. The van der Waals surface area contributed by atoms with Crippen LogP contribution in [0, 0.1) is 0 Å². The SMILES string of the molecule is C/C(=C/CC/C(C)=C/C(=O)O)CCCC(O)C(C)(C)O. The van der Waals surface area contributed by atoms with Gasteiger partial charge in [-0.15, -0.1) is 0 Å². The number of aliphatic carboxylic acids is 1. The lowest BCUT2D eigenvalue weighted by Crippen LogP contribution is -2.35. The molecule has 0 fully saturated rings. The first kappa shape index (κ1) is 18.9. The van der Waals surface area contributed by atoms with Crippen molar-refractivity contribution in [1.82, 2.24) is 0 Å². The smallest absolute Gasteiger partial charge is 0.328 e. The number of aliphatic hydroxyl groups excluding tert-OH is 1. The zero-order chi connectivity index (χ0) is 15.8. The van der Waals surface area contributed by atoms with Crippen LogP contribution in [0.1, 0.15) is 59.8 Å². The molecule has 0 saturated heterocycles. The van der Waals surface area contributed by atoms with Gasteiger partial charge in [-0.2, -0.15) is 0 Å². The fourth-order valence-corrected chi connectivity index (χ4v) is 1.86.